The Labute approximate surface area is 362 Å². The zero-order valence-electron chi connectivity index (χ0n) is 33.8. The van der Waals surface area contributed by atoms with Crippen LogP contribution in [0.15, 0.2) is 94.7 Å². The molecule has 0 unspecified atom stereocenters. The van der Waals surface area contributed by atoms with Crippen LogP contribution in [-0.4, -0.2) is 110 Å². The fraction of sp³-hybridized carbons (Fsp3) is 0.350. The molecule has 0 saturated carbocycles. The van der Waals surface area contributed by atoms with Crippen LogP contribution in [0.25, 0.3) is 11.4 Å². The Kier molecular flexibility index (Phi) is 13.7. The summed E-state index contributed by atoms with van der Waals surface area (Å²) in [6.07, 6.45) is -2.08. The molecule has 4 aromatic carbocycles. The summed E-state index contributed by atoms with van der Waals surface area (Å²) in [4.78, 5) is 12.9. The maximum atomic E-state index is 15.6. The third-order valence-electron chi connectivity index (χ3n) is 9.49. The zero-order chi connectivity index (χ0) is 43.4. The SMILES string of the molecule is COc1ccc(CN(Cc2ccc(OC)cc2)S(=O)(=O)c2c(S(=O)(=O)N[C@@H]3CN(C(=O)OC(C)(C)C)C[C@@H]3O)ccc(I)c2-c2nnnn2Cc2ccc(OC)cc2)cc1. The molecule has 17 nitrogen and oxygen atoms in total. The molecule has 5 aromatic rings. The van der Waals surface area contributed by atoms with Crippen LogP contribution in [0.5, 0.6) is 17.2 Å². The van der Waals surface area contributed by atoms with E-state index in [4.69, 9.17) is 18.9 Å². The van der Waals surface area contributed by atoms with Crippen molar-refractivity contribution in [2.45, 2.75) is 67.9 Å². The molecule has 1 aliphatic heterocycles. The molecule has 1 aliphatic rings. The van der Waals surface area contributed by atoms with E-state index < -0.39 is 53.7 Å². The molecule has 2 heterocycles. The molecular formula is C40H46IN7O10S2. The highest BCUT2D eigenvalue weighted by molar-refractivity contribution is 14.1. The Balaban J connectivity index is 1.51. The van der Waals surface area contributed by atoms with Crippen molar-refractivity contribution >= 4 is 48.7 Å². The van der Waals surface area contributed by atoms with E-state index in [2.05, 4.69) is 20.2 Å². The number of halogens is 1. The lowest BCUT2D eigenvalue weighted by Crippen LogP contribution is -2.44. The lowest BCUT2D eigenvalue weighted by Gasteiger charge is -2.26. The van der Waals surface area contributed by atoms with Crippen molar-refractivity contribution in [2.24, 2.45) is 0 Å². The minimum atomic E-state index is -4.84. The molecule has 1 saturated heterocycles. The number of methoxy groups -OCH3 is 3. The Bertz CT molecular complexity index is 2470. The minimum absolute atomic E-state index is 0.0170. The van der Waals surface area contributed by atoms with Gasteiger partial charge in [-0.05, 0) is 119 Å². The number of aliphatic hydroxyl groups is 1. The molecule has 0 radical (unpaired) electrons. The first kappa shape index (κ1) is 44.7. The highest BCUT2D eigenvalue weighted by atomic mass is 127. The number of nitrogens with zero attached hydrogens (tertiary/aromatic N) is 6. The average molecular weight is 976 g/mol. The molecule has 20 heteroatoms. The summed E-state index contributed by atoms with van der Waals surface area (Å²) in [5, 5.41) is 23.4. The molecular weight excluding hydrogens is 930 g/mol. The standard InChI is InChI=1S/C40H46IN7O10S2/c1-40(2,3)58-39(50)46-24-33(34(49)25-46)43-59(51,52)35-20-19-32(41)36(38-42-44-45-48(38)23-28-11-17-31(57-6)18-12-28)37(35)60(53,54)47(21-26-7-13-29(55-4)14-8-26)22-27-9-15-30(56-5)16-10-27/h7-20,33-34,43,49H,21-25H2,1-6H3/t33-,34+/m1/s1. The van der Waals surface area contributed by atoms with E-state index in [0.29, 0.717) is 31.9 Å². The first-order chi connectivity index (χ1) is 28.4. The largest absolute Gasteiger partial charge is 0.497 e. The third kappa shape index (κ3) is 10.3. The van der Waals surface area contributed by atoms with Crippen LogP contribution in [0.1, 0.15) is 37.5 Å². The number of nitrogens with one attached hydrogen (secondary N) is 1. The molecule has 1 fully saturated rings. The molecule has 320 valence electrons. The van der Waals surface area contributed by atoms with Crippen LogP contribution in [0.4, 0.5) is 4.79 Å². The van der Waals surface area contributed by atoms with Crippen LogP contribution in [-0.2, 0) is 44.4 Å². The number of likely N-dealkylation sites (tertiary alicyclic amines) is 1. The Hall–Kier alpha value is -4.87. The maximum Gasteiger partial charge on any atom is 0.410 e. The van der Waals surface area contributed by atoms with Crippen molar-refractivity contribution in [3.05, 3.63) is 105 Å². The maximum absolute atomic E-state index is 15.6. The van der Waals surface area contributed by atoms with Gasteiger partial charge in [-0.2, -0.15) is 4.31 Å². The lowest BCUT2D eigenvalue weighted by atomic mass is 10.2. The van der Waals surface area contributed by atoms with Crippen molar-refractivity contribution in [1.29, 1.82) is 0 Å². The fourth-order valence-electron chi connectivity index (χ4n) is 6.47. The number of hydrogen-bond acceptors (Lipinski definition) is 13. The molecule has 0 bridgehead atoms. The van der Waals surface area contributed by atoms with E-state index in [1.807, 2.05) is 22.6 Å². The van der Waals surface area contributed by atoms with Gasteiger partial charge in [0.1, 0.15) is 32.6 Å². The molecule has 0 spiro atoms. The highest BCUT2D eigenvalue weighted by Gasteiger charge is 2.42. The Morgan fingerprint density at radius 1 is 0.817 bits per heavy atom. The lowest BCUT2D eigenvalue weighted by molar-refractivity contribution is 0.0270. The minimum Gasteiger partial charge on any atom is -0.497 e. The summed E-state index contributed by atoms with van der Waals surface area (Å²) in [6, 6.07) is 22.2. The van der Waals surface area contributed by atoms with Gasteiger partial charge in [0, 0.05) is 23.2 Å². The summed E-state index contributed by atoms with van der Waals surface area (Å²) in [5.74, 6) is 1.73. The number of hydrogen-bond donors (Lipinski definition) is 2. The van der Waals surface area contributed by atoms with E-state index in [9.17, 15) is 18.3 Å². The summed E-state index contributed by atoms with van der Waals surface area (Å²) in [5.41, 5.74) is 1.02. The predicted molar refractivity (Wildman–Crippen MR) is 228 cm³/mol. The number of carbonyl (C=O) groups excluding carboxylic acids is 1. The Morgan fingerprint density at radius 2 is 1.33 bits per heavy atom. The molecule has 2 N–H and O–H groups in total. The summed E-state index contributed by atoms with van der Waals surface area (Å²) in [6.45, 7) is 4.33. The van der Waals surface area contributed by atoms with Gasteiger partial charge in [-0.1, -0.05) is 36.4 Å². The van der Waals surface area contributed by atoms with Crippen molar-refractivity contribution in [3.8, 4) is 28.6 Å². The third-order valence-corrected chi connectivity index (χ3v) is 13.9. The normalized spacial score (nSPS) is 15.9. The quantitative estimate of drug-likeness (QED) is 0.137. The first-order valence-electron chi connectivity index (χ1n) is 18.6. The van der Waals surface area contributed by atoms with E-state index >= 15 is 8.42 Å². The molecule has 2 atom stereocenters. The fourth-order valence-corrected chi connectivity index (χ4v) is 11.0. The van der Waals surface area contributed by atoms with Gasteiger partial charge >= 0.3 is 6.09 Å². The van der Waals surface area contributed by atoms with Gasteiger partial charge in [0.25, 0.3) is 0 Å². The second-order valence-electron chi connectivity index (χ2n) is 14.9. The number of benzene rings is 4. The second kappa shape index (κ2) is 18.4. The van der Waals surface area contributed by atoms with Crippen molar-refractivity contribution < 1.29 is 45.7 Å². The number of amides is 1. The monoisotopic (exact) mass is 975 g/mol. The van der Waals surface area contributed by atoms with Gasteiger partial charge in [-0.25, -0.2) is 31.0 Å². The van der Waals surface area contributed by atoms with Crippen LogP contribution >= 0.6 is 22.6 Å². The van der Waals surface area contributed by atoms with Crippen molar-refractivity contribution in [1.82, 2.24) is 34.1 Å². The predicted octanol–water partition coefficient (Wildman–Crippen LogP) is 4.67. The van der Waals surface area contributed by atoms with Gasteiger partial charge in [0.15, 0.2) is 5.82 Å². The van der Waals surface area contributed by atoms with E-state index in [1.165, 1.54) is 40.2 Å². The number of β-amino-alcohol motifs (C(OH)–C–C–N with tert-alkyl or cyclic N) is 1. The average Bonchev–Trinajstić information content (AvgIpc) is 3.82. The summed E-state index contributed by atoms with van der Waals surface area (Å²) in [7, 11) is -5.06. The molecule has 1 aromatic heterocycles. The van der Waals surface area contributed by atoms with Crippen LogP contribution in [0, 0.1) is 3.57 Å². The second-order valence-corrected chi connectivity index (χ2v) is 19.6. The molecule has 0 aliphatic carbocycles. The Morgan fingerprint density at radius 3 is 1.83 bits per heavy atom. The number of rotatable bonds is 15. The topological polar surface area (TPSA) is 205 Å². The number of carbonyl (C=O) groups is 1. The molecule has 60 heavy (non-hydrogen) atoms. The van der Waals surface area contributed by atoms with Crippen LogP contribution in [0.3, 0.4) is 0 Å². The van der Waals surface area contributed by atoms with E-state index in [-0.39, 0.29) is 44.1 Å². The number of tetrazole rings is 1. The van der Waals surface area contributed by atoms with E-state index in [0.717, 1.165) is 5.56 Å². The first-order valence-corrected chi connectivity index (χ1v) is 22.6. The van der Waals surface area contributed by atoms with Crippen LogP contribution in [0.2, 0.25) is 0 Å². The summed E-state index contributed by atoms with van der Waals surface area (Å²) >= 11 is 1.94. The number of aliphatic hydroxyl groups excluding tert-OH is 1. The van der Waals surface area contributed by atoms with E-state index in [1.54, 1.807) is 101 Å². The molecule has 1 amide bonds. The van der Waals surface area contributed by atoms with Gasteiger partial charge in [0.2, 0.25) is 20.0 Å². The molecule has 6 rings (SSSR count). The summed E-state index contributed by atoms with van der Waals surface area (Å²) < 4.78 is 87.4. The van der Waals surface area contributed by atoms with Gasteiger partial charge < -0.3 is 29.0 Å². The highest BCUT2D eigenvalue weighted by Crippen LogP contribution is 2.39. The van der Waals surface area contributed by atoms with Crippen molar-refractivity contribution in [3.63, 3.8) is 0 Å². The smallest absolute Gasteiger partial charge is 0.410 e. The van der Waals surface area contributed by atoms with Crippen LogP contribution < -0.4 is 18.9 Å². The number of ether oxygens (including phenoxy) is 4. The zero-order valence-corrected chi connectivity index (χ0v) is 37.6. The van der Waals surface area contributed by atoms with Gasteiger partial charge in [-0.3, -0.25) is 0 Å². The van der Waals surface area contributed by atoms with Gasteiger partial charge in [0.05, 0.1) is 52.1 Å². The van der Waals surface area contributed by atoms with Gasteiger partial charge in [-0.15, -0.1) is 5.10 Å². The number of sulfonamides is 2. The van der Waals surface area contributed by atoms with Crippen molar-refractivity contribution in [2.75, 3.05) is 34.4 Å². The number of aromatic nitrogens is 4.